The van der Waals surface area contributed by atoms with Crippen LogP contribution in [0.3, 0.4) is 0 Å². The molecule has 1 amide bonds. The Kier molecular flexibility index (Phi) is 8.68. The number of nitrogens with one attached hydrogen (secondary N) is 1. The lowest BCUT2D eigenvalue weighted by molar-refractivity contribution is 0.0919. The predicted molar refractivity (Wildman–Crippen MR) is 114 cm³/mol. The number of hydrogen-bond acceptors (Lipinski definition) is 2. The number of aliphatic imine (C=N–C) groups is 1. The highest BCUT2D eigenvalue weighted by Crippen LogP contribution is 2.11. The van der Waals surface area contributed by atoms with Crippen LogP contribution in [0.1, 0.15) is 62.4 Å². The number of nitrogens with zero attached hydrogens (tertiary/aromatic N) is 2. The average Bonchev–Trinajstić information content (AvgIpc) is 2.80. The Hall–Kier alpha value is -1.31. The normalized spacial score (nSPS) is 16.0. The molecule has 140 valence electrons. The molecule has 0 aromatic heterocycles. The molecule has 1 heterocycles. The molecule has 0 atom stereocenters. The van der Waals surface area contributed by atoms with Crippen LogP contribution in [-0.2, 0) is 6.54 Å². The lowest BCUT2D eigenvalue weighted by Gasteiger charge is -2.21. The zero-order chi connectivity index (χ0) is 17.6. The fraction of sp³-hybridized carbons (Fsp3) is 0.579. The smallest absolute Gasteiger partial charge is 0.251 e. The quantitative estimate of drug-likeness (QED) is 0.414. The zero-order valence-corrected chi connectivity index (χ0v) is 17.9. The van der Waals surface area contributed by atoms with Crippen molar-refractivity contribution in [1.82, 2.24) is 10.2 Å². The van der Waals surface area contributed by atoms with Crippen molar-refractivity contribution in [2.75, 3.05) is 13.1 Å². The maximum absolute atomic E-state index is 12.3. The van der Waals surface area contributed by atoms with Crippen LogP contribution in [0.2, 0.25) is 0 Å². The zero-order valence-electron chi connectivity index (χ0n) is 15.5. The monoisotopic (exact) mass is 458 g/mol. The van der Waals surface area contributed by atoms with Gasteiger partial charge < -0.3 is 16.0 Å². The second-order valence-corrected chi connectivity index (χ2v) is 7.48. The van der Waals surface area contributed by atoms with E-state index in [9.17, 15) is 4.79 Å². The summed E-state index contributed by atoms with van der Waals surface area (Å²) in [6.07, 6.45) is 4.90. The van der Waals surface area contributed by atoms with Gasteiger partial charge in [0.05, 0.1) is 6.54 Å². The third-order valence-electron chi connectivity index (χ3n) is 4.03. The molecule has 1 aliphatic heterocycles. The van der Waals surface area contributed by atoms with Gasteiger partial charge in [-0.3, -0.25) is 4.79 Å². The number of hydrogen-bond donors (Lipinski definition) is 2. The molecule has 25 heavy (non-hydrogen) atoms. The first kappa shape index (κ1) is 21.7. The van der Waals surface area contributed by atoms with Gasteiger partial charge in [0.25, 0.3) is 5.91 Å². The molecule has 1 aliphatic rings. The Morgan fingerprint density at radius 2 is 1.84 bits per heavy atom. The summed E-state index contributed by atoms with van der Waals surface area (Å²) in [5.41, 5.74) is 7.55. The summed E-state index contributed by atoms with van der Waals surface area (Å²) in [7, 11) is 0. The molecule has 0 bridgehead atoms. The van der Waals surface area contributed by atoms with E-state index in [2.05, 4.69) is 15.2 Å². The molecule has 0 spiro atoms. The Bertz CT molecular complexity index is 587. The van der Waals surface area contributed by atoms with E-state index in [-0.39, 0.29) is 35.4 Å². The Morgan fingerprint density at radius 3 is 2.44 bits per heavy atom. The van der Waals surface area contributed by atoms with Gasteiger partial charge in [-0.25, -0.2) is 4.99 Å². The molecular weight excluding hydrogens is 427 g/mol. The molecule has 1 aromatic carbocycles. The van der Waals surface area contributed by atoms with Gasteiger partial charge in [0.1, 0.15) is 0 Å². The van der Waals surface area contributed by atoms with Crippen molar-refractivity contribution in [2.45, 2.75) is 58.5 Å². The number of carbonyl (C=O) groups excluding carboxylic acids is 1. The van der Waals surface area contributed by atoms with E-state index >= 15 is 0 Å². The van der Waals surface area contributed by atoms with Gasteiger partial charge in [-0.1, -0.05) is 25.0 Å². The number of likely N-dealkylation sites (tertiary alicyclic amines) is 1. The number of nitrogens with two attached hydrogens (primary N) is 1. The number of amides is 1. The summed E-state index contributed by atoms with van der Waals surface area (Å²) in [6, 6.07) is 7.59. The van der Waals surface area contributed by atoms with Gasteiger partial charge in [-0.15, -0.1) is 24.0 Å². The summed E-state index contributed by atoms with van der Waals surface area (Å²) in [5.74, 6) is 0.551. The fourth-order valence-corrected chi connectivity index (χ4v) is 2.80. The molecule has 1 aromatic rings. The molecule has 1 saturated heterocycles. The topological polar surface area (TPSA) is 70.7 Å². The van der Waals surface area contributed by atoms with Crippen LogP contribution in [0.5, 0.6) is 0 Å². The molecule has 0 unspecified atom stereocenters. The van der Waals surface area contributed by atoms with Gasteiger partial charge in [0.15, 0.2) is 5.96 Å². The van der Waals surface area contributed by atoms with Crippen molar-refractivity contribution < 1.29 is 4.79 Å². The Labute approximate surface area is 168 Å². The van der Waals surface area contributed by atoms with Crippen molar-refractivity contribution in [3.63, 3.8) is 0 Å². The summed E-state index contributed by atoms with van der Waals surface area (Å²) in [6.45, 7) is 8.40. The van der Waals surface area contributed by atoms with Gasteiger partial charge >= 0.3 is 0 Å². The lowest BCUT2D eigenvalue weighted by atomic mass is 10.1. The highest BCUT2D eigenvalue weighted by molar-refractivity contribution is 14.0. The molecule has 0 saturated carbocycles. The number of benzene rings is 1. The van der Waals surface area contributed by atoms with Gasteiger partial charge in [0, 0.05) is 24.2 Å². The summed E-state index contributed by atoms with van der Waals surface area (Å²) >= 11 is 0. The van der Waals surface area contributed by atoms with Crippen LogP contribution in [-0.4, -0.2) is 35.4 Å². The number of rotatable bonds is 3. The van der Waals surface area contributed by atoms with E-state index in [0.717, 1.165) is 18.7 Å². The highest BCUT2D eigenvalue weighted by atomic mass is 127. The van der Waals surface area contributed by atoms with Crippen LogP contribution in [0.15, 0.2) is 29.3 Å². The third kappa shape index (κ3) is 7.63. The minimum absolute atomic E-state index is 0. The van der Waals surface area contributed by atoms with Crippen molar-refractivity contribution >= 4 is 35.8 Å². The minimum Gasteiger partial charge on any atom is -0.370 e. The first-order chi connectivity index (χ1) is 11.3. The molecular formula is C19H31IN4O. The standard InChI is InChI=1S/C19H30N4O.HI/c1-19(2,3)22-17(24)16-10-8-9-15(13-16)14-21-18(20)23-11-6-4-5-7-12-23;/h8-10,13H,4-7,11-12,14H2,1-3H3,(H2,20,21)(H,22,24);1H. The van der Waals surface area contributed by atoms with E-state index in [0.29, 0.717) is 18.1 Å². The molecule has 3 N–H and O–H groups in total. The summed E-state index contributed by atoms with van der Waals surface area (Å²) < 4.78 is 0. The Balaban J connectivity index is 0.00000312. The molecule has 0 aliphatic carbocycles. The van der Waals surface area contributed by atoms with Gasteiger partial charge in [-0.05, 0) is 51.3 Å². The average molecular weight is 458 g/mol. The van der Waals surface area contributed by atoms with E-state index in [4.69, 9.17) is 5.73 Å². The maximum atomic E-state index is 12.3. The number of halogens is 1. The lowest BCUT2D eigenvalue weighted by Crippen LogP contribution is -2.40. The van der Waals surface area contributed by atoms with E-state index < -0.39 is 0 Å². The van der Waals surface area contributed by atoms with Gasteiger partial charge in [-0.2, -0.15) is 0 Å². The first-order valence-corrected chi connectivity index (χ1v) is 8.81. The fourth-order valence-electron chi connectivity index (χ4n) is 2.80. The molecule has 1 fully saturated rings. The van der Waals surface area contributed by atoms with Crippen molar-refractivity contribution in [2.24, 2.45) is 10.7 Å². The van der Waals surface area contributed by atoms with Crippen molar-refractivity contribution in [3.8, 4) is 0 Å². The van der Waals surface area contributed by atoms with E-state index in [1.54, 1.807) is 0 Å². The molecule has 5 nitrogen and oxygen atoms in total. The first-order valence-electron chi connectivity index (χ1n) is 8.81. The minimum atomic E-state index is -0.248. The summed E-state index contributed by atoms with van der Waals surface area (Å²) in [4.78, 5) is 18.9. The molecule has 6 heteroatoms. The summed E-state index contributed by atoms with van der Waals surface area (Å²) in [5, 5.41) is 2.98. The predicted octanol–water partition coefficient (Wildman–Crippen LogP) is 3.52. The third-order valence-corrected chi connectivity index (χ3v) is 4.03. The van der Waals surface area contributed by atoms with E-state index in [1.165, 1.54) is 25.7 Å². The van der Waals surface area contributed by atoms with Crippen molar-refractivity contribution in [3.05, 3.63) is 35.4 Å². The highest BCUT2D eigenvalue weighted by Gasteiger charge is 2.15. The molecule has 0 radical (unpaired) electrons. The van der Waals surface area contributed by atoms with Crippen LogP contribution >= 0.6 is 24.0 Å². The van der Waals surface area contributed by atoms with Gasteiger partial charge in [0.2, 0.25) is 0 Å². The van der Waals surface area contributed by atoms with Crippen LogP contribution < -0.4 is 11.1 Å². The number of carbonyl (C=O) groups is 1. The van der Waals surface area contributed by atoms with Crippen molar-refractivity contribution in [1.29, 1.82) is 0 Å². The van der Waals surface area contributed by atoms with Crippen LogP contribution in [0.4, 0.5) is 0 Å². The SMILES string of the molecule is CC(C)(C)NC(=O)c1cccc(CN=C(N)N2CCCCCC2)c1.I. The number of guanidine groups is 1. The molecule has 2 rings (SSSR count). The van der Waals surface area contributed by atoms with Crippen LogP contribution in [0, 0.1) is 0 Å². The largest absolute Gasteiger partial charge is 0.370 e. The second-order valence-electron chi connectivity index (χ2n) is 7.48. The second kappa shape index (κ2) is 9.99. The maximum Gasteiger partial charge on any atom is 0.251 e. The Morgan fingerprint density at radius 1 is 1.20 bits per heavy atom. The van der Waals surface area contributed by atoms with E-state index in [1.807, 2.05) is 45.0 Å². The van der Waals surface area contributed by atoms with Crippen LogP contribution in [0.25, 0.3) is 0 Å².